The molecule has 166 valence electrons. The molecule has 0 amide bonds. The predicted octanol–water partition coefficient (Wildman–Crippen LogP) is 3.57. The maximum atomic E-state index is 14.3. The SMILES string of the molecule is COc1ccc(C(C)=O)cc1COC(=O)c1ccc(F)c(S(=O)(=O)N2CCCCC2)c1. The highest BCUT2D eigenvalue weighted by molar-refractivity contribution is 7.89. The highest BCUT2D eigenvalue weighted by atomic mass is 32.2. The number of carbonyl (C=O) groups is 2. The Bertz CT molecular complexity index is 1090. The first-order valence-corrected chi connectivity index (χ1v) is 11.3. The molecule has 0 bridgehead atoms. The van der Waals surface area contributed by atoms with Crippen molar-refractivity contribution in [3.63, 3.8) is 0 Å². The number of benzene rings is 2. The van der Waals surface area contributed by atoms with Crippen LogP contribution < -0.4 is 4.74 Å². The van der Waals surface area contributed by atoms with Crippen molar-refractivity contribution >= 4 is 21.8 Å². The largest absolute Gasteiger partial charge is 0.496 e. The summed E-state index contributed by atoms with van der Waals surface area (Å²) < 4.78 is 51.8. The maximum absolute atomic E-state index is 14.3. The van der Waals surface area contributed by atoms with Crippen LogP contribution in [0.1, 0.15) is 52.5 Å². The summed E-state index contributed by atoms with van der Waals surface area (Å²) in [6.07, 6.45) is 2.35. The molecule has 0 spiro atoms. The van der Waals surface area contributed by atoms with Crippen LogP contribution in [0, 0.1) is 5.82 Å². The fourth-order valence-corrected chi connectivity index (χ4v) is 5.02. The minimum Gasteiger partial charge on any atom is -0.496 e. The molecule has 2 aromatic carbocycles. The lowest BCUT2D eigenvalue weighted by Crippen LogP contribution is -2.36. The van der Waals surface area contributed by atoms with E-state index in [0.29, 0.717) is 42.8 Å². The third-order valence-electron chi connectivity index (χ3n) is 5.15. The first-order valence-electron chi connectivity index (χ1n) is 9.88. The van der Waals surface area contributed by atoms with Crippen LogP contribution in [0.25, 0.3) is 0 Å². The van der Waals surface area contributed by atoms with E-state index in [0.717, 1.165) is 18.6 Å². The molecule has 1 saturated heterocycles. The molecule has 0 unspecified atom stereocenters. The van der Waals surface area contributed by atoms with E-state index in [-0.39, 0.29) is 18.0 Å². The van der Waals surface area contributed by atoms with Crippen LogP contribution in [0.3, 0.4) is 0 Å². The van der Waals surface area contributed by atoms with Crippen LogP contribution >= 0.6 is 0 Å². The Morgan fingerprint density at radius 1 is 1.03 bits per heavy atom. The van der Waals surface area contributed by atoms with E-state index in [2.05, 4.69) is 0 Å². The molecule has 1 heterocycles. The first-order chi connectivity index (χ1) is 14.7. The summed E-state index contributed by atoms with van der Waals surface area (Å²) in [7, 11) is -2.60. The van der Waals surface area contributed by atoms with Gasteiger partial charge in [-0.05, 0) is 56.2 Å². The number of ketones is 1. The van der Waals surface area contributed by atoms with E-state index >= 15 is 0 Å². The van der Waals surface area contributed by atoms with Gasteiger partial charge in [-0.1, -0.05) is 6.42 Å². The van der Waals surface area contributed by atoms with Crippen molar-refractivity contribution in [2.45, 2.75) is 37.7 Å². The predicted molar refractivity (Wildman–Crippen MR) is 111 cm³/mol. The fourth-order valence-electron chi connectivity index (χ4n) is 3.41. The Morgan fingerprint density at radius 2 is 1.71 bits per heavy atom. The molecule has 7 nitrogen and oxygen atoms in total. The Hall–Kier alpha value is -2.78. The number of nitrogens with zero attached hydrogens (tertiary/aromatic N) is 1. The number of sulfonamides is 1. The molecule has 1 fully saturated rings. The monoisotopic (exact) mass is 449 g/mol. The Labute approximate surface area is 180 Å². The number of rotatable bonds is 7. The number of hydrogen-bond donors (Lipinski definition) is 0. The van der Waals surface area contributed by atoms with Crippen molar-refractivity contribution in [3.05, 3.63) is 58.9 Å². The van der Waals surface area contributed by atoms with Crippen LogP contribution in [0.2, 0.25) is 0 Å². The van der Waals surface area contributed by atoms with Crippen molar-refractivity contribution in [1.29, 1.82) is 0 Å². The van der Waals surface area contributed by atoms with Gasteiger partial charge in [0.05, 0.1) is 12.7 Å². The molecule has 9 heteroatoms. The van der Waals surface area contributed by atoms with Gasteiger partial charge in [0.15, 0.2) is 5.78 Å². The van der Waals surface area contributed by atoms with Gasteiger partial charge in [0.2, 0.25) is 10.0 Å². The molecule has 1 aliphatic heterocycles. The topological polar surface area (TPSA) is 90.0 Å². The normalized spacial score (nSPS) is 14.8. The first kappa shape index (κ1) is 22.9. The van der Waals surface area contributed by atoms with Crippen molar-refractivity contribution < 1.29 is 31.9 Å². The van der Waals surface area contributed by atoms with E-state index in [4.69, 9.17) is 9.47 Å². The second kappa shape index (κ2) is 9.57. The fraction of sp³-hybridized carbons (Fsp3) is 0.364. The second-order valence-corrected chi connectivity index (χ2v) is 9.18. The Kier molecular flexibility index (Phi) is 7.07. The third-order valence-corrected chi connectivity index (χ3v) is 7.06. The molecular weight excluding hydrogens is 425 g/mol. The average Bonchev–Trinajstić information content (AvgIpc) is 2.77. The number of carbonyl (C=O) groups excluding carboxylic acids is 2. The van der Waals surface area contributed by atoms with Crippen molar-refractivity contribution in [3.8, 4) is 5.75 Å². The van der Waals surface area contributed by atoms with E-state index in [9.17, 15) is 22.4 Å². The molecule has 0 radical (unpaired) electrons. The average molecular weight is 450 g/mol. The van der Waals surface area contributed by atoms with Gasteiger partial charge in [0.25, 0.3) is 0 Å². The molecular formula is C22H24FNO6S. The number of Topliss-reactive ketones (excluding diaryl/α,β-unsaturated/α-hetero) is 1. The molecule has 1 aliphatic rings. The summed E-state index contributed by atoms with van der Waals surface area (Å²) >= 11 is 0. The van der Waals surface area contributed by atoms with Gasteiger partial charge >= 0.3 is 5.97 Å². The summed E-state index contributed by atoms with van der Waals surface area (Å²) in [6, 6.07) is 7.89. The number of esters is 1. The molecule has 0 saturated carbocycles. The summed E-state index contributed by atoms with van der Waals surface area (Å²) in [5.74, 6) is -1.45. The van der Waals surface area contributed by atoms with Gasteiger partial charge in [-0.2, -0.15) is 4.31 Å². The minimum atomic E-state index is -4.05. The lowest BCUT2D eigenvalue weighted by molar-refractivity contribution is 0.0469. The van der Waals surface area contributed by atoms with Crippen LogP contribution in [0.5, 0.6) is 5.75 Å². The van der Waals surface area contributed by atoms with Crippen LogP contribution in [-0.2, 0) is 21.4 Å². The van der Waals surface area contributed by atoms with E-state index in [1.807, 2.05) is 0 Å². The number of ether oxygens (including phenoxy) is 2. The molecule has 3 rings (SSSR count). The van der Waals surface area contributed by atoms with Crippen molar-refractivity contribution in [2.75, 3.05) is 20.2 Å². The summed E-state index contributed by atoms with van der Waals surface area (Å²) in [6.45, 7) is 1.86. The highest BCUT2D eigenvalue weighted by Crippen LogP contribution is 2.25. The standard InChI is InChI=1S/C22H24FNO6S/c1-15(25)16-7-9-20(29-2)18(12-16)14-30-22(26)17-6-8-19(23)21(13-17)31(27,28)24-10-4-3-5-11-24/h6-9,12-13H,3-5,10-11,14H2,1-2H3. The number of methoxy groups -OCH3 is 1. The molecule has 0 aromatic heterocycles. The molecule has 0 aliphatic carbocycles. The summed E-state index contributed by atoms with van der Waals surface area (Å²) in [4.78, 5) is 23.6. The smallest absolute Gasteiger partial charge is 0.338 e. The van der Waals surface area contributed by atoms with Gasteiger partial charge in [0, 0.05) is 24.2 Å². The maximum Gasteiger partial charge on any atom is 0.338 e. The van der Waals surface area contributed by atoms with Gasteiger partial charge < -0.3 is 9.47 Å². The summed E-state index contributed by atoms with van der Waals surface area (Å²) in [5, 5.41) is 0. The summed E-state index contributed by atoms with van der Waals surface area (Å²) in [5.41, 5.74) is 0.828. The minimum absolute atomic E-state index is 0.0846. The number of hydrogen-bond acceptors (Lipinski definition) is 6. The zero-order valence-electron chi connectivity index (χ0n) is 17.4. The van der Waals surface area contributed by atoms with Crippen LogP contribution in [0.4, 0.5) is 4.39 Å². The van der Waals surface area contributed by atoms with Crippen molar-refractivity contribution in [2.24, 2.45) is 0 Å². The second-order valence-electron chi connectivity index (χ2n) is 7.27. The number of piperidine rings is 1. The zero-order valence-corrected chi connectivity index (χ0v) is 18.2. The Morgan fingerprint density at radius 3 is 2.35 bits per heavy atom. The molecule has 2 aromatic rings. The van der Waals surface area contributed by atoms with E-state index < -0.39 is 26.7 Å². The lowest BCUT2D eigenvalue weighted by Gasteiger charge is -2.26. The molecule has 31 heavy (non-hydrogen) atoms. The zero-order chi connectivity index (χ0) is 22.6. The van der Waals surface area contributed by atoms with Crippen LogP contribution in [-0.4, -0.2) is 44.7 Å². The van der Waals surface area contributed by atoms with Gasteiger partial charge in [-0.25, -0.2) is 17.6 Å². The number of halogens is 1. The lowest BCUT2D eigenvalue weighted by atomic mass is 10.1. The molecule has 0 atom stereocenters. The highest BCUT2D eigenvalue weighted by Gasteiger charge is 2.29. The quantitative estimate of drug-likeness (QED) is 0.474. The van der Waals surface area contributed by atoms with Gasteiger partial charge in [-0.3, -0.25) is 4.79 Å². The third kappa shape index (κ3) is 5.11. The van der Waals surface area contributed by atoms with E-state index in [1.165, 1.54) is 24.4 Å². The van der Waals surface area contributed by atoms with Gasteiger partial charge in [-0.15, -0.1) is 0 Å². The Balaban J connectivity index is 1.81. The molecule has 0 N–H and O–H groups in total. The van der Waals surface area contributed by atoms with Crippen LogP contribution in [0.15, 0.2) is 41.3 Å². The van der Waals surface area contributed by atoms with Gasteiger partial charge in [0.1, 0.15) is 23.1 Å². The van der Waals surface area contributed by atoms with Crippen molar-refractivity contribution in [1.82, 2.24) is 4.31 Å². The van der Waals surface area contributed by atoms with E-state index in [1.54, 1.807) is 18.2 Å².